The fraction of sp³-hybridized carbons (Fsp3) is 0.214. The second-order valence-electron chi connectivity index (χ2n) is 4.16. The molecule has 0 spiro atoms. The minimum absolute atomic E-state index is 0.0985. The van der Waals surface area contributed by atoms with E-state index in [1.54, 1.807) is 0 Å². The molecule has 0 N–H and O–H groups in total. The van der Waals surface area contributed by atoms with Crippen molar-refractivity contribution in [3.63, 3.8) is 0 Å². The van der Waals surface area contributed by atoms with Gasteiger partial charge in [-0.2, -0.15) is 0 Å². The molecule has 2 aromatic carbocycles. The molecule has 0 saturated carbocycles. The molecule has 0 aliphatic heterocycles. The highest BCUT2D eigenvalue weighted by Gasteiger charge is 2.25. The Morgan fingerprint density at radius 2 is 2.00 bits per heavy atom. The SMILES string of the molecule is CC(=O)OC1Cc2cccc3cccc1c23. The normalized spacial score (nSPS) is 17.7. The summed E-state index contributed by atoms with van der Waals surface area (Å²) in [7, 11) is 0. The van der Waals surface area contributed by atoms with Crippen molar-refractivity contribution in [2.24, 2.45) is 0 Å². The van der Waals surface area contributed by atoms with Crippen LogP contribution in [0.15, 0.2) is 36.4 Å². The predicted molar refractivity (Wildman–Crippen MR) is 62.2 cm³/mol. The monoisotopic (exact) mass is 212 g/mol. The molecule has 0 fully saturated rings. The van der Waals surface area contributed by atoms with E-state index in [-0.39, 0.29) is 12.1 Å². The van der Waals surface area contributed by atoms with Gasteiger partial charge in [-0.25, -0.2) is 0 Å². The first kappa shape index (κ1) is 9.40. The quantitative estimate of drug-likeness (QED) is 0.679. The maximum Gasteiger partial charge on any atom is 0.303 e. The van der Waals surface area contributed by atoms with E-state index >= 15 is 0 Å². The molecule has 1 unspecified atom stereocenters. The van der Waals surface area contributed by atoms with Crippen LogP contribution in [0.3, 0.4) is 0 Å². The van der Waals surface area contributed by atoms with Crippen LogP contribution in [0, 0.1) is 0 Å². The van der Waals surface area contributed by atoms with Crippen molar-refractivity contribution in [2.75, 3.05) is 0 Å². The maximum atomic E-state index is 11.0. The van der Waals surface area contributed by atoms with Crippen molar-refractivity contribution in [1.82, 2.24) is 0 Å². The van der Waals surface area contributed by atoms with E-state index in [4.69, 9.17) is 4.74 Å². The second kappa shape index (κ2) is 3.34. The first-order valence-electron chi connectivity index (χ1n) is 5.43. The van der Waals surface area contributed by atoms with E-state index in [9.17, 15) is 4.79 Å². The predicted octanol–water partition coefficient (Wildman–Crippen LogP) is 3.00. The van der Waals surface area contributed by atoms with Gasteiger partial charge >= 0.3 is 5.97 Å². The van der Waals surface area contributed by atoms with Gasteiger partial charge in [0.1, 0.15) is 6.10 Å². The number of hydrogen-bond acceptors (Lipinski definition) is 2. The zero-order valence-electron chi connectivity index (χ0n) is 9.07. The van der Waals surface area contributed by atoms with Crippen LogP contribution < -0.4 is 0 Å². The van der Waals surface area contributed by atoms with E-state index in [1.807, 2.05) is 12.1 Å². The number of ether oxygens (including phenoxy) is 1. The molecule has 0 heterocycles. The molecule has 80 valence electrons. The van der Waals surface area contributed by atoms with Crippen molar-refractivity contribution in [3.8, 4) is 0 Å². The van der Waals surface area contributed by atoms with Gasteiger partial charge in [0.2, 0.25) is 0 Å². The van der Waals surface area contributed by atoms with Gasteiger partial charge in [-0.1, -0.05) is 36.4 Å². The topological polar surface area (TPSA) is 26.3 Å². The molecule has 0 radical (unpaired) electrons. The minimum atomic E-state index is -0.213. The molecule has 0 bridgehead atoms. The molecule has 2 heteroatoms. The Balaban J connectivity index is 2.17. The first-order chi connectivity index (χ1) is 7.75. The number of esters is 1. The summed E-state index contributed by atoms with van der Waals surface area (Å²) in [5.41, 5.74) is 2.42. The Kier molecular flexibility index (Phi) is 1.96. The van der Waals surface area contributed by atoms with E-state index in [1.165, 1.54) is 23.3 Å². The summed E-state index contributed by atoms with van der Waals surface area (Å²) in [5.74, 6) is -0.213. The van der Waals surface area contributed by atoms with Gasteiger partial charge in [-0.3, -0.25) is 4.79 Å². The van der Waals surface area contributed by atoms with Crippen molar-refractivity contribution in [2.45, 2.75) is 19.4 Å². The second-order valence-corrected chi connectivity index (χ2v) is 4.16. The van der Waals surface area contributed by atoms with Crippen molar-refractivity contribution in [1.29, 1.82) is 0 Å². The van der Waals surface area contributed by atoms with Crippen molar-refractivity contribution in [3.05, 3.63) is 47.5 Å². The average Bonchev–Trinajstić information content (AvgIpc) is 2.59. The molecule has 2 aromatic rings. The largest absolute Gasteiger partial charge is 0.457 e. The lowest BCUT2D eigenvalue weighted by Crippen LogP contribution is -2.06. The lowest BCUT2D eigenvalue weighted by Gasteiger charge is -2.11. The molecule has 0 amide bonds. The maximum absolute atomic E-state index is 11.0. The fourth-order valence-corrected chi connectivity index (χ4v) is 2.50. The van der Waals surface area contributed by atoms with Gasteiger partial charge in [-0.05, 0) is 16.3 Å². The van der Waals surface area contributed by atoms with Crippen LogP contribution in [0.4, 0.5) is 0 Å². The molecule has 0 aromatic heterocycles. The first-order valence-corrected chi connectivity index (χ1v) is 5.43. The minimum Gasteiger partial charge on any atom is -0.457 e. The smallest absolute Gasteiger partial charge is 0.303 e. The third-order valence-electron chi connectivity index (χ3n) is 3.08. The summed E-state index contributed by atoms with van der Waals surface area (Å²) in [6.07, 6.45) is 0.703. The molecule has 3 rings (SSSR count). The summed E-state index contributed by atoms with van der Waals surface area (Å²) in [5, 5.41) is 2.49. The number of carbonyl (C=O) groups is 1. The van der Waals surface area contributed by atoms with Crippen molar-refractivity contribution < 1.29 is 9.53 Å². The van der Waals surface area contributed by atoms with Crippen LogP contribution in [-0.2, 0) is 16.0 Å². The summed E-state index contributed by atoms with van der Waals surface area (Å²) in [6.45, 7) is 1.46. The molecule has 2 nitrogen and oxygen atoms in total. The molecule has 16 heavy (non-hydrogen) atoms. The zero-order chi connectivity index (χ0) is 11.1. The van der Waals surface area contributed by atoms with Crippen LogP contribution in [0.2, 0.25) is 0 Å². The lowest BCUT2D eigenvalue weighted by atomic mass is 10.1. The highest BCUT2D eigenvalue weighted by atomic mass is 16.5. The highest BCUT2D eigenvalue weighted by Crippen LogP contribution is 2.38. The van der Waals surface area contributed by atoms with E-state index < -0.39 is 0 Å². The number of rotatable bonds is 1. The van der Waals surface area contributed by atoms with Crippen LogP contribution in [-0.4, -0.2) is 5.97 Å². The molecular formula is C14H12O2. The van der Waals surface area contributed by atoms with Crippen LogP contribution in [0.1, 0.15) is 24.2 Å². The number of benzene rings is 2. The highest BCUT2D eigenvalue weighted by molar-refractivity contribution is 5.91. The van der Waals surface area contributed by atoms with E-state index in [0.29, 0.717) is 0 Å². The Labute approximate surface area is 93.8 Å². The van der Waals surface area contributed by atoms with E-state index in [0.717, 1.165) is 12.0 Å². The third-order valence-corrected chi connectivity index (χ3v) is 3.08. The van der Waals surface area contributed by atoms with Gasteiger partial charge in [0.15, 0.2) is 0 Å². The standard InChI is InChI=1S/C14H12O2/c1-9(15)16-13-8-11-6-2-4-10-5-3-7-12(13)14(10)11/h2-7,13H,8H2,1H3. The fourth-order valence-electron chi connectivity index (χ4n) is 2.50. The molecule has 1 aliphatic carbocycles. The summed E-state index contributed by atoms with van der Waals surface area (Å²) >= 11 is 0. The summed E-state index contributed by atoms with van der Waals surface area (Å²) in [6, 6.07) is 12.4. The van der Waals surface area contributed by atoms with Crippen LogP contribution in [0.5, 0.6) is 0 Å². The van der Waals surface area contributed by atoms with E-state index in [2.05, 4.69) is 24.3 Å². The zero-order valence-corrected chi connectivity index (χ0v) is 9.07. The van der Waals surface area contributed by atoms with Gasteiger partial charge in [-0.15, -0.1) is 0 Å². The third kappa shape index (κ3) is 1.30. The Bertz CT molecular complexity index is 567. The Morgan fingerprint density at radius 3 is 2.75 bits per heavy atom. The Morgan fingerprint density at radius 1 is 1.25 bits per heavy atom. The summed E-state index contributed by atoms with van der Waals surface area (Å²) < 4.78 is 5.34. The molecule has 0 saturated heterocycles. The summed E-state index contributed by atoms with van der Waals surface area (Å²) in [4.78, 5) is 11.0. The molecular weight excluding hydrogens is 200 g/mol. The van der Waals surface area contributed by atoms with Gasteiger partial charge in [0, 0.05) is 18.9 Å². The Hall–Kier alpha value is -1.83. The number of carbonyl (C=O) groups excluding carboxylic acids is 1. The van der Waals surface area contributed by atoms with Crippen molar-refractivity contribution >= 4 is 16.7 Å². The van der Waals surface area contributed by atoms with Crippen LogP contribution in [0.25, 0.3) is 10.8 Å². The van der Waals surface area contributed by atoms with Gasteiger partial charge in [0.25, 0.3) is 0 Å². The van der Waals surface area contributed by atoms with Gasteiger partial charge < -0.3 is 4.74 Å². The average molecular weight is 212 g/mol. The molecule has 1 atom stereocenters. The van der Waals surface area contributed by atoms with Gasteiger partial charge in [0.05, 0.1) is 0 Å². The number of hydrogen-bond donors (Lipinski definition) is 0. The molecule has 1 aliphatic rings. The lowest BCUT2D eigenvalue weighted by molar-refractivity contribution is -0.146. The van der Waals surface area contributed by atoms with Crippen LogP contribution >= 0.6 is 0 Å².